The Balaban J connectivity index is 1.57. The number of hydrogen-bond donors (Lipinski definition) is 2. The van der Waals surface area contributed by atoms with Gasteiger partial charge in [0.25, 0.3) is 10.2 Å². The molecule has 0 aromatic rings. The molecule has 0 aromatic heterocycles. The lowest BCUT2D eigenvalue weighted by atomic mass is 10.1. The second kappa shape index (κ2) is 8.43. The van der Waals surface area contributed by atoms with Crippen LogP contribution in [0.4, 0.5) is 0 Å². The Bertz CT molecular complexity index is 392. The van der Waals surface area contributed by atoms with Crippen LogP contribution < -0.4 is 10.0 Å². The number of likely N-dealkylation sites (tertiary alicyclic amines) is 1. The summed E-state index contributed by atoms with van der Waals surface area (Å²) in [6.45, 7) is 5.00. The van der Waals surface area contributed by atoms with Gasteiger partial charge in [-0.05, 0) is 51.7 Å². The molecule has 2 aliphatic rings. The van der Waals surface area contributed by atoms with Gasteiger partial charge in [-0.15, -0.1) is 0 Å². The summed E-state index contributed by atoms with van der Waals surface area (Å²) in [5.74, 6) is 0. The third kappa shape index (κ3) is 6.61. The molecule has 0 amide bonds. The lowest BCUT2D eigenvalue weighted by molar-refractivity contribution is 0.232. The lowest BCUT2D eigenvalue weighted by Gasteiger charge is -2.26. The summed E-state index contributed by atoms with van der Waals surface area (Å²) in [4.78, 5) is 2.34. The van der Waals surface area contributed by atoms with Crippen LogP contribution in [0.3, 0.4) is 0 Å². The Morgan fingerprint density at radius 3 is 2.52 bits per heavy atom. The average molecular weight is 318 g/mol. The van der Waals surface area contributed by atoms with Crippen LogP contribution in [0.25, 0.3) is 0 Å². The molecule has 2 N–H and O–H groups in total. The zero-order valence-electron chi connectivity index (χ0n) is 13.2. The zero-order chi connectivity index (χ0) is 15.1. The van der Waals surface area contributed by atoms with Gasteiger partial charge in [-0.3, -0.25) is 0 Å². The van der Waals surface area contributed by atoms with Crippen LogP contribution in [0.15, 0.2) is 0 Å². The largest absolute Gasteiger partial charge is 0.314 e. The fourth-order valence-electron chi connectivity index (χ4n) is 2.64. The molecule has 6 nitrogen and oxygen atoms in total. The molecule has 21 heavy (non-hydrogen) atoms. The van der Waals surface area contributed by atoms with Crippen LogP contribution in [0.5, 0.6) is 0 Å². The van der Waals surface area contributed by atoms with E-state index in [1.807, 2.05) is 0 Å². The molecule has 124 valence electrons. The monoisotopic (exact) mass is 318 g/mol. The van der Waals surface area contributed by atoms with Crippen molar-refractivity contribution in [2.24, 2.45) is 0 Å². The minimum Gasteiger partial charge on any atom is -0.314 e. The SMILES string of the molecule is CN(CCCNC1CC1)S(=O)(=O)NCCN1CCCCC1. The number of nitrogens with one attached hydrogen (secondary N) is 2. The van der Waals surface area contributed by atoms with E-state index < -0.39 is 10.2 Å². The van der Waals surface area contributed by atoms with Crippen LogP contribution in [0.2, 0.25) is 0 Å². The van der Waals surface area contributed by atoms with E-state index in [2.05, 4.69) is 14.9 Å². The number of piperidine rings is 1. The van der Waals surface area contributed by atoms with Gasteiger partial charge in [0, 0.05) is 32.7 Å². The minimum absolute atomic E-state index is 0.507. The molecule has 2 rings (SSSR count). The summed E-state index contributed by atoms with van der Waals surface area (Å²) in [6, 6.07) is 0.689. The molecule has 0 bridgehead atoms. The topological polar surface area (TPSA) is 64.7 Å². The van der Waals surface area contributed by atoms with Crippen molar-refractivity contribution in [3.05, 3.63) is 0 Å². The van der Waals surface area contributed by atoms with Gasteiger partial charge in [0.2, 0.25) is 0 Å². The van der Waals surface area contributed by atoms with Crippen LogP contribution >= 0.6 is 0 Å². The predicted octanol–water partition coefficient (Wildman–Crippen LogP) is 0.381. The van der Waals surface area contributed by atoms with E-state index >= 15 is 0 Å². The van der Waals surface area contributed by atoms with E-state index in [4.69, 9.17) is 0 Å². The molecule has 1 saturated heterocycles. The molecule has 0 radical (unpaired) electrons. The van der Waals surface area contributed by atoms with Gasteiger partial charge in [-0.1, -0.05) is 6.42 Å². The molecule has 1 saturated carbocycles. The van der Waals surface area contributed by atoms with Crippen molar-refractivity contribution in [1.82, 2.24) is 19.2 Å². The van der Waals surface area contributed by atoms with Gasteiger partial charge in [0.15, 0.2) is 0 Å². The van der Waals surface area contributed by atoms with Crippen LogP contribution in [-0.4, -0.2) is 70.0 Å². The number of hydrogen-bond acceptors (Lipinski definition) is 4. The van der Waals surface area contributed by atoms with Gasteiger partial charge in [-0.2, -0.15) is 12.7 Å². The molecule has 2 fully saturated rings. The lowest BCUT2D eigenvalue weighted by Crippen LogP contribution is -2.43. The highest BCUT2D eigenvalue weighted by molar-refractivity contribution is 7.87. The third-order valence-corrected chi connectivity index (χ3v) is 5.80. The van der Waals surface area contributed by atoms with Crippen molar-refractivity contribution in [1.29, 1.82) is 0 Å². The van der Waals surface area contributed by atoms with E-state index in [9.17, 15) is 8.42 Å². The number of nitrogens with zero attached hydrogens (tertiary/aromatic N) is 2. The molecule has 1 heterocycles. The van der Waals surface area contributed by atoms with Crippen molar-refractivity contribution >= 4 is 10.2 Å². The summed E-state index contributed by atoms with van der Waals surface area (Å²) in [7, 11) is -1.66. The zero-order valence-corrected chi connectivity index (χ0v) is 14.0. The molecule has 1 aliphatic carbocycles. The highest BCUT2D eigenvalue weighted by Crippen LogP contribution is 2.18. The van der Waals surface area contributed by atoms with Crippen molar-refractivity contribution in [3.8, 4) is 0 Å². The van der Waals surface area contributed by atoms with Crippen molar-refractivity contribution in [3.63, 3.8) is 0 Å². The van der Waals surface area contributed by atoms with E-state index in [0.717, 1.165) is 32.6 Å². The van der Waals surface area contributed by atoms with E-state index in [-0.39, 0.29) is 0 Å². The molecule has 0 atom stereocenters. The second-order valence-corrected chi connectivity index (χ2v) is 8.07. The maximum absolute atomic E-state index is 12.1. The van der Waals surface area contributed by atoms with Gasteiger partial charge < -0.3 is 10.2 Å². The summed E-state index contributed by atoms with van der Waals surface area (Å²) >= 11 is 0. The summed E-state index contributed by atoms with van der Waals surface area (Å²) in [5, 5.41) is 3.40. The first kappa shape index (κ1) is 17.1. The first-order valence-electron chi connectivity index (χ1n) is 8.24. The standard InChI is InChI=1S/C14H30N4O2S/c1-17(10-5-8-15-14-6-7-14)21(19,20)16-9-13-18-11-3-2-4-12-18/h14-16H,2-13H2,1H3. The Hall–Kier alpha value is -0.210. The smallest absolute Gasteiger partial charge is 0.279 e. The number of rotatable bonds is 10. The van der Waals surface area contributed by atoms with Crippen LogP contribution in [0.1, 0.15) is 38.5 Å². The van der Waals surface area contributed by atoms with Crippen LogP contribution in [-0.2, 0) is 10.2 Å². The van der Waals surface area contributed by atoms with Crippen molar-refractivity contribution in [2.45, 2.75) is 44.6 Å². The fraction of sp³-hybridized carbons (Fsp3) is 1.00. The Kier molecular flexibility index (Phi) is 6.88. The quantitative estimate of drug-likeness (QED) is 0.572. The summed E-state index contributed by atoms with van der Waals surface area (Å²) in [5.41, 5.74) is 0. The van der Waals surface area contributed by atoms with Gasteiger partial charge in [0.05, 0.1) is 0 Å². The Morgan fingerprint density at radius 1 is 1.14 bits per heavy atom. The minimum atomic E-state index is -3.32. The molecule has 7 heteroatoms. The normalized spacial score (nSPS) is 21.0. The third-order valence-electron chi connectivity index (χ3n) is 4.23. The van der Waals surface area contributed by atoms with E-state index in [1.54, 1.807) is 7.05 Å². The fourth-order valence-corrected chi connectivity index (χ4v) is 3.58. The molecule has 1 aliphatic heterocycles. The molecule has 0 aromatic carbocycles. The van der Waals surface area contributed by atoms with Gasteiger partial charge in [0.1, 0.15) is 0 Å². The molecular weight excluding hydrogens is 288 g/mol. The second-order valence-electron chi connectivity index (χ2n) is 6.21. The highest BCUT2D eigenvalue weighted by Gasteiger charge is 2.21. The average Bonchev–Trinajstić information content (AvgIpc) is 3.28. The maximum Gasteiger partial charge on any atom is 0.279 e. The predicted molar refractivity (Wildman–Crippen MR) is 85.5 cm³/mol. The Morgan fingerprint density at radius 2 is 1.86 bits per heavy atom. The molecule has 0 unspecified atom stereocenters. The van der Waals surface area contributed by atoms with Crippen molar-refractivity contribution in [2.75, 3.05) is 46.3 Å². The molecular formula is C14H30N4O2S. The molecule has 0 spiro atoms. The van der Waals surface area contributed by atoms with Gasteiger partial charge in [-0.25, -0.2) is 4.72 Å². The Labute approximate surface area is 129 Å². The van der Waals surface area contributed by atoms with E-state index in [1.165, 1.54) is 36.4 Å². The first-order valence-corrected chi connectivity index (χ1v) is 9.68. The van der Waals surface area contributed by atoms with Gasteiger partial charge >= 0.3 is 0 Å². The maximum atomic E-state index is 12.1. The van der Waals surface area contributed by atoms with Crippen LogP contribution in [0, 0.1) is 0 Å². The summed E-state index contributed by atoms with van der Waals surface area (Å²) < 4.78 is 28.3. The first-order chi connectivity index (χ1) is 10.1. The van der Waals surface area contributed by atoms with E-state index in [0.29, 0.717) is 19.1 Å². The van der Waals surface area contributed by atoms with Crippen molar-refractivity contribution < 1.29 is 8.42 Å². The summed E-state index contributed by atoms with van der Waals surface area (Å²) in [6.07, 6.45) is 7.18. The highest BCUT2D eigenvalue weighted by atomic mass is 32.2.